The zero-order chi connectivity index (χ0) is 49.0. The van der Waals surface area contributed by atoms with Crippen molar-refractivity contribution in [3.05, 3.63) is 149 Å². The normalized spacial score (nSPS) is 27.4. The second-order valence-corrected chi connectivity index (χ2v) is 20.9. The van der Waals surface area contributed by atoms with Gasteiger partial charge in [-0.15, -0.1) is 0 Å². The molecule has 0 unspecified atom stereocenters. The number of rotatable bonds is 9. The van der Waals surface area contributed by atoms with Crippen LogP contribution in [0.1, 0.15) is 110 Å². The predicted molar refractivity (Wildman–Crippen MR) is 271 cm³/mol. The van der Waals surface area contributed by atoms with Crippen molar-refractivity contribution >= 4 is 28.1 Å². The van der Waals surface area contributed by atoms with Gasteiger partial charge in [0, 0.05) is 47.0 Å². The number of Topliss-reactive ketones (excluding diaryl/α,β-unsaturated/α-hetero) is 1. The number of hydrogen-bond donors (Lipinski definition) is 7. The molecule has 4 aromatic carbocycles. The van der Waals surface area contributed by atoms with Crippen molar-refractivity contribution in [3.8, 4) is 34.5 Å². The molecule has 7 N–H and O–H groups in total. The highest BCUT2D eigenvalue weighted by molar-refractivity contribution is 5.92. The van der Waals surface area contributed by atoms with E-state index in [4.69, 9.17) is 14.5 Å². The number of hydrogen-bond acceptors (Lipinski definition) is 11. The molecule has 10 atom stereocenters. The van der Waals surface area contributed by atoms with Crippen molar-refractivity contribution in [3.63, 3.8) is 0 Å². The Balaban J connectivity index is 1.07. The number of nitrogens with zero attached hydrogens (tertiary/aromatic N) is 2. The monoisotopic (exact) mass is 956 g/mol. The molecule has 368 valence electrons. The maximum Gasteiger partial charge on any atom is 0.200 e. The number of allylic oxidation sites excluding steroid dienone is 3. The van der Waals surface area contributed by atoms with Crippen LogP contribution in [0.2, 0.25) is 0 Å². The Labute approximate surface area is 413 Å². The molecule has 2 aromatic heterocycles. The van der Waals surface area contributed by atoms with Gasteiger partial charge >= 0.3 is 0 Å². The molecule has 6 aromatic rings. The Morgan fingerprint density at radius 1 is 0.958 bits per heavy atom. The van der Waals surface area contributed by atoms with E-state index < -0.39 is 35.4 Å². The topological polar surface area (TPSA) is 196 Å². The molecular formula is C59H62N3O9-. The Kier molecular flexibility index (Phi) is 12.5. The van der Waals surface area contributed by atoms with E-state index in [0.717, 1.165) is 63.7 Å². The molecule has 0 radical (unpaired) electrons. The molecule has 1 spiro atoms. The predicted octanol–water partition coefficient (Wildman–Crippen LogP) is 10.3. The maximum absolute atomic E-state index is 16.3. The number of phenols is 4. The van der Waals surface area contributed by atoms with Gasteiger partial charge < -0.3 is 50.4 Å². The van der Waals surface area contributed by atoms with Gasteiger partial charge in [-0.3, -0.25) is 4.79 Å². The number of carbonyl (C=O) groups is 1. The molecule has 11 rings (SSSR count). The van der Waals surface area contributed by atoms with Gasteiger partial charge in [-0.05, 0) is 157 Å². The van der Waals surface area contributed by atoms with E-state index in [1.807, 2.05) is 48.5 Å². The number of anilines is 2. The van der Waals surface area contributed by atoms with Crippen molar-refractivity contribution in [1.82, 2.24) is 9.97 Å². The lowest BCUT2D eigenvalue weighted by molar-refractivity contribution is -0.132. The highest BCUT2D eigenvalue weighted by Crippen LogP contribution is 2.57. The number of aromatic hydroxyl groups is 4. The van der Waals surface area contributed by atoms with Gasteiger partial charge in [0.2, 0.25) is 5.75 Å². The number of ketones is 1. The van der Waals surface area contributed by atoms with Crippen LogP contribution in [0.5, 0.6) is 34.5 Å². The molecule has 71 heavy (non-hydrogen) atoms. The van der Waals surface area contributed by atoms with Crippen LogP contribution in [-0.2, 0) is 23.1 Å². The van der Waals surface area contributed by atoms with Gasteiger partial charge in [0.05, 0.1) is 31.3 Å². The second kappa shape index (κ2) is 19.1. The number of pyridine rings is 1. The zero-order valence-corrected chi connectivity index (χ0v) is 40.0. The first-order valence-corrected chi connectivity index (χ1v) is 25.4. The Morgan fingerprint density at radius 2 is 1.85 bits per heavy atom. The largest absolute Gasteiger partial charge is 0.668 e. The number of nitrogens with one attached hydrogen (secondary N) is 1. The summed E-state index contributed by atoms with van der Waals surface area (Å²) >= 11 is 0. The van der Waals surface area contributed by atoms with Crippen LogP contribution >= 0.6 is 0 Å². The summed E-state index contributed by atoms with van der Waals surface area (Å²) in [6.45, 7) is 2.98. The smallest absolute Gasteiger partial charge is 0.200 e. The molecule has 3 aliphatic carbocycles. The summed E-state index contributed by atoms with van der Waals surface area (Å²) in [5.74, 6) is -1.39. The minimum Gasteiger partial charge on any atom is -0.668 e. The number of fused-ring (bicyclic) bond motifs is 6. The number of ether oxygens (including phenoxy) is 2. The van der Waals surface area contributed by atoms with Crippen molar-refractivity contribution in [2.45, 2.75) is 107 Å². The maximum atomic E-state index is 16.3. The van der Waals surface area contributed by atoms with Crippen LogP contribution < -0.4 is 19.8 Å². The lowest BCUT2D eigenvalue weighted by Gasteiger charge is -2.46. The van der Waals surface area contributed by atoms with Crippen molar-refractivity contribution in [1.29, 1.82) is 0 Å². The number of carbonyl (C=O) groups excluding carboxylic acids is 1. The summed E-state index contributed by atoms with van der Waals surface area (Å²) in [4.78, 5) is 25.8. The molecule has 2 bridgehead atoms. The quantitative estimate of drug-likeness (QED) is 0.0536. The summed E-state index contributed by atoms with van der Waals surface area (Å²) in [5.41, 5.74) is 4.61. The first-order chi connectivity index (χ1) is 34.4. The molecule has 1 fully saturated rings. The Morgan fingerprint density at radius 3 is 2.69 bits per heavy atom. The van der Waals surface area contributed by atoms with Crippen molar-refractivity contribution in [2.75, 3.05) is 18.5 Å². The van der Waals surface area contributed by atoms with Crippen molar-refractivity contribution in [2.24, 2.45) is 23.7 Å². The zero-order valence-electron chi connectivity index (χ0n) is 40.0. The van der Waals surface area contributed by atoms with Crippen LogP contribution in [0.3, 0.4) is 0 Å². The van der Waals surface area contributed by atoms with Gasteiger partial charge in [-0.1, -0.05) is 61.6 Å². The summed E-state index contributed by atoms with van der Waals surface area (Å²) in [5, 5.41) is 75.2. The molecule has 0 saturated heterocycles. The minimum absolute atomic E-state index is 0.0487. The molecule has 1 saturated carbocycles. The van der Waals surface area contributed by atoms with Gasteiger partial charge in [-0.25, -0.2) is 4.98 Å². The Hall–Kier alpha value is -6.76. The summed E-state index contributed by atoms with van der Waals surface area (Å²) in [6.07, 6.45) is 14.8. The summed E-state index contributed by atoms with van der Waals surface area (Å²) in [7, 11) is 0. The van der Waals surface area contributed by atoms with E-state index in [9.17, 15) is 30.6 Å². The fraction of sp³-hybridized carbons (Fsp3) is 0.390. The third kappa shape index (κ3) is 8.79. The van der Waals surface area contributed by atoms with E-state index in [1.54, 1.807) is 36.7 Å². The van der Waals surface area contributed by atoms with Crippen LogP contribution in [0.25, 0.3) is 10.8 Å². The molecular weight excluding hydrogens is 895 g/mol. The first-order valence-electron chi connectivity index (χ1n) is 25.4. The number of aryl methyl sites for hydroxylation is 1. The number of aliphatic hydroxyl groups excluding tert-OH is 2. The highest BCUT2D eigenvalue weighted by Gasteiger charge is 2.58. The SMILES string of the molecule is C[C@H]1CC=C[C@@H](COc2cc([C@@H]3CCc4c(ccc5cc(O)ccc45)Nc4cc(ccn4)[C@@]4(CC[C@H](O)[C@H]4Cc4ccc[n-]4)[C@@H]([C@H](O)C[C@H]4C=C[C@@H]5CCOc6c(O)ccc4c65)C(=O)C3)cc(O)c2O)C1. The van der Waals surface area contributed by atoms with E-state index in [0.29, 0.717) is 68.4 Å². The lowest BCUT2D eigenvalue weighted by atomic mass is 9.58. The van der Waals surface area contributed by atoms with E-state index in [-0.39, 0.29) is 65.1 Å². The Bertz CT molecular complexity index is 3020. The van der Waals surface area contributed by atoms with E-state index in [2.05, 4.69) is 41.5 Å². The molecule has 12 nitrogen and oxygen atoms in total. The lowest BCUT2D eigenvalue weighted by Crippen LogP contribution is -2.51. The number of aliphatic hydroxyl groups is 2. The molecule has 12 heteroatoms. The van der Waals surface area contributed by atoms with Crippen LogP contribution in [0, 0.1) is 23.7 Å². The first kappa shape index (κ1) is 46.6. The van der Waals surface area contributed by atoms with Crippen LogP contribution in [0.4, 0.5) is 11.5 Å². The summed E-state index contributed by atoms with van der Waals surface area (Å²) < 4.78 is 12.4. The number of benzene rings is 4. The average molecular weight is 957 g/mol. The average Bonchev–Trinajstić information content (AvgIpc) is 4.00. The number of aromatic nitrogens is 2. The fourth-order valence-corrected chi connectivity index (χ4v) is 13.2. The molecule has 4 heterocycles. The minimum atomic E-state index is -1.23. The highest BCUT2D eigenvalue weighted by atomic mass is 16.5. The van der Waals surface area contributed by atoms with E-state index in [1.165, 1.54) is 6.07 Å². The van der Waals surface area contributed by atoms with Gasteiger partial charge in [0.25, 0.3) is 0 Å². The molecule has 0 amide bonds. The third-order valence-corrected chi connectivity index (χ3v) is 16.6. The molecule has 5 aliphatic rings. The summed E-state index contributed by atoms with van der Waals surface area (Å²) in [6, 6.07) is 23.7. The van der Waals surface area contributed by atoms with Crippen molar-refractivity contribution < 1.29 is 44.9 Å². The van der Waals surface area contributed by atoms with E-state index >= 15 is 4.79 Å². The van der Waals surface area contributed by atoms with Gasteiger partial charge in [0.15, 0.2) is 23.0 Å². The number of phenolic OH excluding ortho intramolecular Hbond substituents is 4. The van der Waals surface area contributed by atoms with Crippen LogP contribution in [0.15, 0.2) is 116 Å². The fourth-order valence-electron chi connectivity index (χ4n) is 13.2. The standard InChI is InChI=1S/C59H62N3O9/c1-33-4-2-5-34(24-33)32-71-53-29-39(28-52(68)57(53)69)36-9-12-45-43-13-11-42(63)25-37(43)10-15-47(45)62-54-30-40(18-22-61-54)59(20-17-48(64)46(59)31-41-6-3-21-60-41)56(50(66)26-36)51(67)27-38-8-7-35-19-23-70-58-49(65)16-14-44(38)55(35)58/h2-3,5-8,10-11,13-16,18,21-22,25,28-30,33-36,38,46,48,51,56,63-65,67-69H,4,9,12,17,19-20,23-24,26-27,31-32H2,1H3,(H,61,62)/q-1/t33-,34+,35+,36+,38+,46+,48-,51+,56+,59+/m0/s1. The van der Waals surface area contributed by atoms with Crippen LogP contribution in [-0.4, -0.2) is 66.8 Å². The third-order valence-electron chi connectivity index (χ3n) is 16.6. The second-order valence-electron chi connectivity index (χ2n) is 20.9. The van der Waals surface area contributed by atoms with Gasteiger partial charge in [-0.2, -0.15) is 11.9 Å². The van der Waals surface area contributed by atoms with Gasteiger partial charge in [0.1, 0.15) is 17.4 Å². The molecule has 2 aliphatic heterocycles.